The summed E-state index contributed by atoms with van der Waals surface area (Å²) in [7, 11) is 1.73. The quantitative estimate of drug-likeness (QED) is 0.724. The molecule has 0 spiro atoms. The average molecular weight is 243 g/mol. The molecule has 3 aromatic rings. The molecule has 0 amide bonds. The van der Waals surface area contributed by atoms with Crippen LogP contribution in [0.1, 0.15) is 0 Å². The number of halogens is 1. The zero-order valence-corrected chi connectivity index (χ0v) is 9.61. The minimum absolute atomic E-state index is 0.297. The Balaban J connectivity index is 2.29. The van der Waals surface area contributed by atoms with Gasteiger partial charge in [0.25, 0.3) is 0 Å². The molecule has 3 rings (SSSR count). The Bertz CT molecular complexity index is 707. The number of nitrogens with one attached hydrogen (secondary N) is 2. The van der Waals surface area contributed by atoms with Crippen LogP contribution in [0.15, 0.2) is 30.5 Å². The lowest BCUT2D eigenvalue weighted by atomic mass is 10.1. The van der Waals surface area contributed by atoms with Crippen molar-refractivity contribution >= 4 is 17.0 Å². The highest BCUT2D eigenvalue weighted by atomic mass is 19.1. The molecule has 0 aliphatic carbocycles. The van der Waals surface area contributed by atoms with Crippen LogP contribution in [0.5, 0.6) is 0 Å². The zero-order valence-electron chi connectivity index (χ0n) is 9.61. The summed E-state index contributed by atoms with van der Waals surface area (Å²) < 4.78 is 13.3. The Morgan fingerprint density at radius 2 is 2.17 bits per heavy atom. The van der Waals surface area contributed by atoms with E-state index in [2.05, 4.69) is 25.5 Å². The van der Waals surface area contributed by atoms with E-state index in [4.69, 9.17) is 0 Å². The lowest BCUT2D eigenvalue weighted by Gasteiger charge is -2.05. The molecule has 0 radical (unpaired) electrons. The topological polar surface area (TPSA) is 66.5 Å². The van der Waals surface area contributed by atoms with E-state index < -0.39 is 0 Å². The molecule has 0 saturated carbocycles. The fraction of sp³-hybridized carbons (Fsp3) is 0.0833. The summed E-state index contributed by atoms with van der Waals surface area (Å²) in [5, 5.41) is 10.4. The van der Waals surface area contributed by atoms with Gasteiger partial charge in [0.1, 0.15) is 5.82 Å². The van der Waals surface area contributed by atoms with Crippen molar-refractivity contribution in [1.82, 2.24) is 20.2 Å². The van der Waals surface area contributed by atoms with E-state index in [0.29, 0.717) is 22.9 Å². The van der Waals surface area contributed by atoms with Gasteiger partial charge in [-0.1, -0.05) is 12.1 Å². The number of fused-ring (bicyclic) bond motifs is 1. The molecule has 1 aromatic carbocycles. The molecule has 6 heteroatoms. The smallest absolute Gasteiger partial charge is 0.225 e. The van der Waals surface area contributed by atoms with Crippen molar-refractivity contribution < 1.29 is 4.39 Å². The van der Waals surface area contributed by atoms with E-state index in [-0.39, 0.29) is 5.82 Å². The highest BCUT2D eigenvalue weighted by Gasteiger charge is 2.11. The minimum atomic E-state index is -0.297. The van der Waals surface area contributed by atoms with Crippen LogP contribution < -0.4 is 5.32 Å². The third-order valence-corrected chi connectivity index (χ3v) is 2.63. The number of hydrogen-bond acceptors (Lipinski definition) is 4. The van der Waals surface area contributed by atoms with E-state index in [1.807, 2.05) is 0 Å². The molecule has 2 heterocycles. The van der Waals surface area contributed by atoms with Crippen LogP contribution in [-0.2, 0) is 0 Å². The first-order valence-corrected chi connectivity index (χ1v) is 5.43. The van der Waals surface area contributed by atoms with Crippen molar-refractivity contribution in [2.75, 3.05) is 12.4 Å². The summed E-state index contributed by atoms with van der Waals surface area (Å²) in [6, 6.07) is 6.29. The van der Waals surface area contributed by atoms with Crippen LogP contribution in [0.25, 0.3) is 22.3 Å². The fourth-order valence-electron chi connectivity index (χ4n) is 1.80. The number of rotatable bonds is 2. The number of hydrogen-bond donors (Lipinski definition) is 2. The molecule has 18 heavy (non-hydrogen) atoms. The largest absolute Gasteiger partial charge is 0.357 e. The monoisotopic (exact) mass is 243 g/mol. The summed E-state index contributed by atoms with van der Waals surface area (Å²) in [6.07, 6.45) is 1.63. The second-order valence-corrected chi connectivity index (χ2v) is 3.79. The molecule has 5 nitrogen and oxygen atoms in total. The van der Waals surface area contributed by atoms with Gasteiger partial charge in [0.15, 0.2) is 5.65 Å². The summed E-state index contributed by atoms with van der Waals surface area (Å²) in [5.41, 5.74) is 1.96. The Morgan fingerprint density at radius 3 is 2.94 bits per heavy atom. The van der Waals surface area contributed by atoms with Gasteiger partial charge in [0.05, 0.1) is 17.3 Å². The second-order valence-electron chi connectivity index (χ2n) is 3.79. The summed E-state index contributed by atoms with van der Waals surface area (Å²) in [4.78, 5) is 8.58. The van der Waals surface area contributed by atoms with Crippen molar-refractivity contribution in [3.8, 4) is 11.3 Å². The van der Waals surface area contributed by atoms with Gasteiger partial charge >= 0.3 is 0 Å². The molecule has 0 bridgehead atoms. The third kappa shape index (κ3) is 1.67. The van der Waals surface area contributed by atoms with Gasteiger partial charge in [0, 0.05) is 12.6 Å². The third-order valence-electron chi connectivity index (χ3n) is 2.63. The SMILES string of the molecule is CNc1nc(-c2cccc(F)c2)c2cn[nH]c2n1. The normalized spacial score (nSPS) is 10.8. The lowest BCUT2D eigenvalue weighted by molar-refractivity contribution is 0.628. The van der Waals surface area contributed by atoms with E-state index in [1.54, 1.807) is 25.4 Å². The standard InChI is InChI=1S/C12H10FN5/c1-14-12-16-10(7-3-2-4-8(13)5-7)9-6-15-18-11(9)17-12/h2-6H,1H3,(H2,14,15,16,17,18). The van der Waals surface area contributed by atoms with Crippen LogP contribution in [-0.4, -0.2) is 27.2 Å². The lowest BCUT2D eigenvalue weighted by Crippen LogP contribution is -1.98. The molecular formula is C12H10FN5. The number of aromatic nitrogens is 4. The first kappa shape index (κ1) is 10.6. The molecule has 2 N–H and O–H groups in total. The number of benzene rings is 1. The summed E-state index contributed by atoms with van der Waals surface area (Å²) in [5.74, 6) is 0.166. The molecule has 90 valence electrons. The maximum Gasteiger partial charge on any atom is 0.225 e. The minimum Gasteiger partial charge on any atom is -0.357 e. The summed E-state index contributed by atoms with van der Waals surface area (Å²) >= 11 is 0. The van der Waals surface area contributed by atoms with Gasteiger partial charge in [-0.25, -0.2) is 9.37 Å². The van der Waals surface area contributed by atoms with Crippen molar-refractivity contribution in [3.63, 3.8) is 0 Å². The molecule has 0 aliphatic rings. The first-order valence-electron chi connectivity index (χ1n) is 5.43. The number of anilines is 1. The zero-order chi connectivity index (χ0) is 12.5. The number of H-pyrrole nitrogens is 1. The highest BCUT2D eigenvalue weighted by molar-refractivity contribution is 5.90. The molecular weight excluding hydrogens is 233 g/mol. The van der Waals surface area contributed by atoms with Crippen molar-refractivity contribution in [3.05, 3.63) is 36.3 Å². The molecule has 0 aliphatic heterocycles. The van der Waals surface area contributed by atoms with Crippen LogP contribution in [0.3, 0.4) is 0 Å². The fourth-order valence-corrected chi connectivity index (χ4v) is 1.80. The van der Waals surface area contributed by atoms with Crippen LogP contribution in [0.2, 0.25) is 0 Å². The van der Waals surface area contributed by atoms with Crippen LogP contribution in [0, 0.1) is 5.82 Å². The molecule has 2 aromatic heterocycles. The second kappa shape index (κ2) is 4.06. The number of nitrogens with zero attached hydrogens (tertiary/aromatic N) is 3. The van der Waals surface area contributed by atoms with Crippen molar-refractivity contribution in [2.45, 2.75) is 0 Å². The van der Waals surface area contributed by atoms with Gasteiger partial charge in [-0.2, -0.15) is 10.1 Å². The Hall–Kier alpha value is -2.50. The molecule has 0 atom stereocenters. The highest BCUT2D eigenvalue weighted by Crippen LogP contribution is 2.26. The average Bonchev–Trinajstić information content (AvgIpc) is 2.85. The van der Waals surface area contributed by atoms with Gasteiger partial charge < -0.3 is 5.32 Å². The van der Waals surface area contributed by atoms with Crippen molar-refractivity contribution in [2.24, 2.45) is 0 Å². The predicted molar refractivity (Wildman–Crippen MR) is 66.6 cm³/mol. The van der Waals surface area contributed by atoms with E-state index in [9.17, 15) is 4.39 Å². The van der Waals surface area contributed by atoms with E-state index >= 15 is 0 Å². The summed E-state index contributed by atoms with van der Waals surface area (Å²) in [6.45, 7) is 0. The maximum absolute atomic E-state index is 13.3. The Kier molecular flexibility index (Phi) is 2.40. The number of aromatic amines is 1. The van der Waals surface area contributed by atoms with Crippen LogP contribution >= 0.6 is 0 Å². The van der Waals surface area contributed by atoms with Crippen LogP contribution in [0.4, 0.5) is 10.3 Å². The van der Waals surface area contributed by atoms with Gasteiger partial charge in [-0.3, -0.25) is 5.10 Å². The van der Waals surface area contributed by atoms with Gasteiger partial charge in [-0.15, -0.1) is 0 Å². The van der Waals surface area contributed by atoms with Gasteiger partial charge in [-0.05, 0) is 12.1 Å². The van der Waals surface area contributed by atoms with E-state index in [1.165, 1.54) is 12.1 Å². The molecule has 0 fully saturated rings. The predicted octanol–water partition coefficient (Wildman–Crippen LogP) is 2.20. The molecule has 0 saturated heterocycles. The maximum atomic E-state index is 13.3. The Labute approximate surface area is 102 Å². The Morgan fingerprint density at radius 1 is 1.28 bits per heavy atom. The van der Waals surface area contributed by atoms with E-state index in [0.717, 1.165) is 5.39 Å². The first-order chi connectivity index (χ1) is 8.78. The van der Waals surface area contributed by atoms with Gasteiger partial charge in [0.2, 0.25) is 5.95 Å². The molecule has 0 unspecified atom stereocenters. The van der Waals surface area contributed by atoms with Crippen molar-refractivity contribution in [1.29, 1.82) is 0 Å².